The molecule has 7 nitrogen and oxygen atoms in total. The lowest BCUT2D eigenvalue weighted by atomic mass is 10.2. The summed E-state index contributed by atoms with van der Waals surface area (Å²) in [5, 5.41) is 12.4. The van der Waals surface area contributed by atoms with Gasteiger partial charge in [0.25, 0.3) is 0 Å². The van der Waals surface area contributed by atoms with Crippen LogP contribution in [0, 0.1) is 0 Å². The van der Waals surface area contributed by atoms with E-state index in [0.29, 0.717) is 36.9 Å². The zero-order valence-corrected chi connectivity index (χ0v) is 16.4. The summed E-state index contributed by atoms with van der Waals surface area (Å²) in [6.07, 6.45) is 1.58. The molecule has 0 saturated heterocycles. The van der Waals surface area contributed by atoms with Crippen molar-refractivity contribution in [3.05, 3.63) is 77.7 Å². The number of rotatable bonds is 8. The fourth-order valence-corrected chi connectivity index (χ4v) is 2.89. The van der Waals surface area contributed by atoms with E-state index in [0.717, 1.165) is 11.1 Å². The number of nitrogens with one attached hydrogen (secondary N) is 1. The van der Waals surface area contributed by atoms with Crippen LogP contribution < -0.4 is 14.8 Å². The van der Waals surface area contributed by atoms with Gasteiger partial charge in [-0.05, 0) is 47.5 Å². The molecule has 0 radical (unpaired) electrons. The van der Waals surface area contributed by atoms with E-state index in [1.165, 1.54) is 0 Å². The normalized spacial score (nSPS) is 10.4. The molecular formula is C22H24N2O5. The number of hydrogen-bond donors (Lipinski definition) is 2. The molecule has 0 bridgehead atoms. The number of phenols is 1. The SMILES string of the molecule is COc1ccc(CNC(=O)N(Cc2ccc(O)cc2)Cc2ccco2)cc1OC. The predicted molar refractivity (Wildman–Crippen MR) is 108 cm³/mol. The van der Waals surface area contributed by atoms with E-state index in [1.807, 2.05) is 18.2 Å². The lowest BCUT2D eigenvalue weighted by Gasteiger charge is -2.22. The largest absolute Gasteiger partial charge is 0.508 e. The number of phenolic OH excluding ortho intramolecular Hbond substituents is 1. The third-order valence-corrected chi connectivity index (χ3v) is 4.42. The molecule has 0 atom stereocenters. The van der Waals surface area contributed by atoms with Gasteiger partial charge in [-0.2, -0.15) is 0 Å². The minimum absolute atomic E-state index is 0.184. The molecule has 7 heteroatoms. The molecule has 2 N–H and O–H groups in total. The van der Waals surface area contributed by atoms with Crippen molar-refractivity contribution in [3.8, 4) is 17.2 Å². The molecule has 2 aromatic carbocycles. The molecule has 2 amide bonds. The van der Waals surface area contributed by atoms with Crippen LogP contribution in [-0.4, -0.2) is 30.3 Å². The molecule has 0 unspecified atom stereocenters. The van der Waals surface area contributed by atoms with Crippen molar-refractivity contribution >= 4 is 6.03 Å². The highest BCUT2D eigenvalue weighted by Crippen LogP contribution is 2.27. The number of benzene rings is 2. The first kappa shape index (κ1) is 20.1. The number of methoxy groups -OCH3 is 2. The average Bonchev–Trinajstić information content (AvgIpc) is 3.26. The van der Waals surface area contributed by atoms with E-state index >= 15 is 0 Å². The molecule has 1 heterocycles. The lowest BCUT2D eigenvalue weighted by molar-refractivity contribution is 0.187. The highest BCUT2D eigenvalue weighted by atomic mass is 16.5. The number of ether oxygens (including phenoxy) is 2. The fraction of sp³-hybridized carbons (Fsp3) is 0.227. The fourth-order valence-electron chi connectivity index (χ4n) is 2.89. The van der Waals surface area contributed by atoms with Crippen molar-refractivity contribution < 1.29 is 23.8 Å². The molecule has 0 saturated carbocycles. The van der Waals surface area contributed by atoms with Crippen LogP contribution >= 0.6 is 0 Å². The molecule has 0 fully saturated rings. The second-order valence-electron chi connectivity index (χ2n) is 6.45. The van der Waals surface area contributed by atoms with Gasteiger partial charge < -0.3 is 29.2 Å². The third-order valence-electron chi connectivity index (χ3n) is 4.42. The molecule has 1 aromatic heterocycles. The predicted octanol–water partition coefficient (Wildman–Crippen LogP) is 3.91. The Bertz CT molecular complexity index is 923. The Morgan fingerprint density at radius 2 is 1.72 bits per heavy atom. The maximum Gasteiger partial charge on any atom is 0.318 e. The number of amides is 2. The van der Waals surface area contributed by atoms with Crippen LogP contribution in [0.2, 0.25) is 0 Å². The van der Waals surface area contributed by atoms with Gasteiger partial charge in [-0.15, -0.1) is 0 Å². The standard InChI is InChI=1S/C22H24N2O5/c1-27-20-10-7-17(12-21(20)28-2)13-23-22(26)24(15-19-4-3-11-29-19)14-16-5-8-18(25)9-6-16/h3-12,25H,13-15H2,1-2H3,(H,23,26). The van der Waals surface area contributed by atoms with E-state index in [-0.39, 0.29) is 11.8 Å². The maximum atomic E-state index is 12.9. The second kappa shape index (κ2) is 9.54. The van der Waals surface area contributed by atoms with Crippen molar-refractivity contribution in [2.75, 3.05) is 14.2 Å². The number of carbonyl (C=O) groups is 1. The number of hydrogen-bond acceptors (Lipinski definition) is 5. The van der Waals surface area contributed by atoms with E-state index in [9.17, 15) is 9.90 Å². The van der Waals surface area contributed by atoms with Crippen LogP contribution in [0.4, 0.5) is 4.79 Å². The van der Waals surface area contributed by atoms with Gasteiger partial charge in [0.05, 0.1) is 27.0 Å². The monoisotopic (exact) mass is 396 g/mol. The Morgan fingerprint density at radius 3 is 2.38 bits per heavy atom. The summed E-state index contributed by atoms with van der Waals surface area (Å²) in [6, 6.07) is 15.7. The average molecular weight is 396 g/mol. The summed E-state index contributed by atoms with van der Waals surface area (Å²) < 4.78 is 15.9. The maximum absolute atomic E-state index is 12.9. The van der Waals surface area contributed by atoms with Gasteiger partial charge in [-0.1, -0.05) is 18.2 Å². The molecule has 3 rings (SSSR count). The Labute approximate surface area is 169 Å². The van der Waals surface area contributed by atoms with E-state index in [1.54, 1.807) is 61.8 Å². The molecular weight excluding hydrogens is 372 g/mol. The first-order valence-corrected chi connectivity index (χ1v) is 9.13. The van der Waals surface area contributed by atoms with Gasteiger partial charge >= 0.3 is 6.03 Å². The van der Waals surface area contributed by atoms with Crippen LogP contribution in [0.5, 0.6) is 17.2 Å². The van der Waals surface area contributed by atoms with Crippen LogP contribution in [0.25, 0.3) is 0 Å². The van der Waals surface area contributed by atoms with Crippen LogP contribution in [0.15, 0.2) is 65.3 Å². The Balaban J connectivity index is 1.69. The number of carbonyl (C=O) groups excluding carboxylic acids is 1. The van der Waals surface area contributed by atoms with E-state index < -0.39 is 0 Å². The van der Waals surface area contributed by atoms with Crippen molar-refractivity contribution in [2.45, 2.75) is 19.6 Å². The highest BCUT2D eigenvalue weighted by molar-refractivity contribution is 5.74. The van der Waals surface area contributed by atoms with Gasteiger partial charge in [-0.3, -0.25) is 0 Å². The smallest absolute Gasteiger partial charge is 0.318 e. The van der Waals surface area contributed by atoms with E-state index in [2.05, 4.69) is 5.32 Å². The number of furan rings is 1. The van der Waals surface area contributed by atoms with Crippen LogP contribution in [-0.2, 0) is 19.6 Å². The van der Waals surface area contributed by atoms with Crippen molar-refractivity contribution in [1.29, 1.82) is 0 Å². The van der Waals surface area contributed by atoms with Crippen molar-refractivity contribution in [2.24, 2.45) is 0 Å². The summed E-state index contributed by atoms with van der Waals surface area (Å²) in [5.74, 6) is 2.11. The summed E-state index contributed by atoms with van der Waals surface area (Å²) in [6.45, 7) is 1.04. The van der Waals surface area contributed by atoms with Crippen LogP contribution in [0.1, 0.15) is 16.9 Å². The minimum atomic E-state index is -0.232. The topological polar surface area (TPSA) is 84.2 Å². The molecule has 0 aliphatic rings. The number of nitrogens with zero attached hydrogens (tertiary/aromatic N) is 1. The van der Waals surface area contributed by atoms with Gasteiger partial charge in [0.15, 0.2) is 11.5 Å². The zero-order chi connectivity index (χ0) is 20.6. The first-order chi connectivity index (χ1) is 14.1. The third kappa shape index (κ3) is 5.44. The Kier molecular flexibility index (Phi) is 6.63. The molecule has 3 aromatic rings. The quantitative estimate of drug-likeness (QED) is 0.603. The summed E-state index contributed by atoms with van der Waals surface area (Å²) >= 11 is 0. The number of aromatic hydroxyl groups is 1. The van der Waals surface area contributed by atoms with Crippen molar-refractivity contribution in [1.82, 2.24) is 10.2 Å². The summed E-state index contributed by atoms with van der Waals surface area (Å²) in [5.41, 5.74) is 1.79. The Hall–Kier alpha value is -3.61. The van der Waals surface area contributed by atoms with E-state index in [4.69, 9.17) is 13.9 Å². The first-order valence-electron chi connectivity index (χ1n) is 9.13. The molecule has 0 aliphatic heterocycles. The molecule has 0 aliphatic carbocycles. The Morgan fingerprint density at radius 1 is 1.00 bits per heavy atom. The van der Waals surface area contributed by atoms with Gasteiger partial charge in [-0.25, -0.2) is 4.79 Å². The summed E-state index contributed by atoms with van der Waals surface area (Å²) in [7, 11) is 3.15. The number of urea groups is 1. The van der Waals surface area contributed by atoms with Crippen LogP contribution in [0.3, 0.4) is 0 Å². The minimum Gasteiger partial charge on any atom is -0.508 e. The molecule has 0 spiro atoms. The highest BCUT2D eigenvalue weighted by Gasteiger charge is 2.16. The molecule has 29 heavy (non-hydrogen) atoms. The van der Waals surface area contributed by atoms with Gasteiger partial charge in [0.1, 0.15) is 11.5 Å². The van der Waals surface area contributed by atoms with Gasteiger partial charge in [0, 0.05) is 13.1 Å². The second-order valence-corrected chi connectivity index (χ2v) is 6.45. The molecule has 152 valence electrons. The summed E-state index contributed by atoms with van der Waals surface area (Å²) in [4.78, 5) is 14.5. The lowest BCUT2D eigenvalue weighted by Crippen LogP contribution is -2.38. The van der Waals surface area contributed by atoms with Gasteiger partial charge in [0.2, 0.25) is 0 Å². The zero-order valence-electron chi connectivity index (χ0n) is 16.4. The van der Waals surface area contributed by atoms with Crippen molar-refractivity contribution in [3.63, 3.8) is 0 Å².